The number of hydrogen-bond donors (Lipinski definition) is 2. The highest BCUT2D eigenvalue weighted by molar-refractivity contribution is 6.37. The highest BCUT2D eigenvalue weighted by atomic mass is 16.2. The van der Waals surface area contributed by atoms with Crippen LogP contribution in [0.25, 0.3) is 89.7 Å². The number of H-pyrrole nitrogens is 2. The number of rotatable bonds is 4. The van der Waals surface area contributed by atoms with E-state index in [1.807, 2.05) is 0 Å². The van der Waals surface area contributed by atoms with Crippen molar-refractivity contribution in [3.8, 4) is 45.6 Å². The van der Waals surface area contributed by atoms with Crippen LogP contribution in [0.2, 0.25) is 0 Å². The highest BCUT2D eigenvalue weighted by Crippen LogP contribution is 2.43. The maximum Gasteiger partial charge on any atom is 0.266 e. The first-order chi connectivity index (χ1) is 40.9. The van der Waals surface area contributed by atoms with Crippen molar-refractivity contribution in [1.29, 1.82) is 0 Å². The lowest BCUT2D eigenvalue weighted by Crippen LogP contribution is -2.29. The van der Waals surface area contributed by atoms with Crippen molar-refractivity contribution >= 4 is 114 Å². The molecule has 0 fully saturated rings. The van der Waals surface area contributed by atoms with E-state index in [4.69, 9.17) is 29.9 Å². The molecule has 0 saturated heterocycles. The quantitative estimate of drug-likeness (QED) is 0.155. The molecule has 0 radical (unpaired) electrons. The molecule has 20 nitrogen and oxygen atoms in total. The Bertz CT molecular complexity index is 4810. The fraction of sp³-hybridized carbons (Fsp3) is 0. The third-order valence-electron chi connectivity index (χ3n) is 16.0. The average Bonchev–Trinajstić information content (AvgIpc) is 4.31. The normalized spacial score (nSPS) is 14.8. The highest BCUT2D eigenvalue weighted by Gasteiger charge is 2.41. The third-order valence-corrected chi connectivity index (χ3v) is 16.0. The Balaban J connectivity index is 0.934. The fourth-order valence-electron chi connectivity index (χ4n) is 12.0. The van der Waals surface area contributed by atoms with Crippen LogP contribution < -0.4 is 19.6 Å². The molecule has 20 heteroatoms. The molecule has 3 aromatic heterocycles. The first-order valence-corrected chi connectivity index (χ1v) is 26.3. The first-order valence-electron chi connectivity index (χ1n) is 26.3. The second kappa shape index (κ2) is 16.6. The number of anilines is 4. The summed E-state index contributed by atoms with van der Waals surface area (Å²) in [4.78, 5) is 153. The number of hydrogen-bond acceptors (Lipinski definition) is 14. The number of aromatic nitrogens is 8. The lowest BCUT2D eigenvalue weighted by atomic mass is 10.1. The van der Waals surface area contributed by atoms with Gasteiger partial charge in [0.05, 0.1) is 67.3 Å². The van der Waals surface area contributed by atoms with Gasteiger partial charge in [-0.2, -0.15) is 0 Å². The molecule has 9 heterocycles. The maximum atomic E-state index is 14.0. The maximum absolute atomic E-state index is 14.0. The smallest absolute Gasteiger partial charge is 0.266 e. The van der Waals surface area contributed by atoms with Gasteiger partial charge >= 0.3 is 0 Å². The molecular formula is C64H30N12O8. The zero-order valence-electron chi connectivity index (χ0n) is 42.9. The van der Waals surface area contributed by atoms with Crippen LogP contribution in [0.4, 0.5) is 22.7 Å². The summed E-state index contributed by atoms with van der Waals surface area (Å²) in [6, 6.07) is 46.1. The molecule has 394 valence electrons. The Kier molecular flexibility index (Phi) is 9.22. The monoisotopic (exact) mass is 1090 g/mol. The van der Waals surface area contributed by atoms with Gasteiger partial charge in [-0.3, -0.25) is 38.4 Å². The largest absolute Gasteiger partial charge is 0.324 e. The van der Waals surface area contributed by atoms with Crippen LogP contribution in [0.1, 0.15) is 82.9 Å². The summed E-state index contributed by atoms with van der Waals surface area (Å²) in [6.07, 6.45) is 0. The van der Waals surface area contributed by atoms with Gasteiger partial charge in [0.1, 0.15) is 22.6 Å². The Hall–Kier alpha value is -12.3. The van der Waals surface area contributed by atoms with E-state index in [1.165, 1.54) is 0 Å². The molecule has 84 heavy (non-hydrogen) atoms. The van der Waals surface area contributed by atoms with Crippen LogP contribution in [-0.4, -0.2) is 87.1 Å². The molecule has 6 aliphatic rings. The summed E-state index contributed by atoms with van der Waals surface area (Å²) in [5.41, 5.74) is 5.40. The van der Waals surface area contributed by atoms with Gasteiger partial charge in [0.2, 0.25) is 0 Å². The number of carbonyl (C=O) groups is 8. The van der Waals surface area contributed by atoms with Gasteiger partial charge in [-0.05, 0) is 121 Å². The summed E-state index contributed by atoms with van der Waals surface area (Å²) < 4.78 is 0. The standard InChI is InChI=1S/C64H30N12O8/c77-57-37-9-1-2-10-38(37)58(78)73(57)29-17-21-33-45(25-29)53-65-49(33)70-54-47-27-31(75-61(81)41-13-5-6-14-42(41)62(75)82)19-23-35(47)51(67-54)72-56-48-28-32(76-63(83)43-15-7-8-16-44(43)64(76)84)20-24-36(48)52(68-56)71-55-46-26-30(18-22-34(46)50(66-55)69-53)74-59(79)39-11-3-4-12-40(39)60(74)80/h1-28H,(H2,65,66,67,68,69,70,71,72). The summed E-state index contributed by atoms with van der Waals surface area (Å²) >= 11 is 0. The van der Waals surface area contributed by atoms with Crippen LogP contribution in [0, 0.1) is 0 Å². The molecule has 2 N–H and O–H groups in total. The summed E-state index contributed by atoms with van der Waals surface area (Å²) in [5.74, 6) is -3.66. The molecule has 0 aliphatic carbocycles. The zero-order valence-corrected chi connectivity index (χ0v) is 42.9. The molecule has 6 aliphatic heterocycles. The van der Waals surface area contributed by atoms with Crippen LogP contribution in [-0.2, 0) is 0 Å². The first kappa shape index (κ1) is 46.6. The Morgan fingerprint density at radius 2 is 0.464 bits per heavy atom. The van der Waals surface area contributed by atoms with Crippen molar-refractivity contribution in [2.24, 2.45) is 0 Å². The van der Waals surface area contributed by atoms with E-state index in [2.05, 4.69) is 9.97 Å². The molecule has 0 saturated carbocycles. The number of nitrogens with zero attached hydrogens (tertiary/aromatic N) is 10. The van der Waals surface area contributed by atoms with Gasteiger partial charge in [0.15, 0.2) is 23.3 Å². The Morgan fingerprint density at radius 3 is 0.750 bits per heavy atom. The molecule has 8 aromatic carbocycles. The number of amides is 8. The predicted octanol–water partition coefficient (Wildman–Crippen LogP) is 10.1. The van der Waals surface area contributed by atoms with Crippen LogP contribution in [0.5, 0.6) is 0 Å². The number of carbonyl (C=O) groups excluding carboxylic acids is 8. The minimum Gasteiger partial charge on any atom is -0.324 e. The van der Waals surface area contributed by atoms with Crippen molar-refractivity contribution in [2.45, 2.75) is 0 Å². The van der Waals surface area contributed by atoms with Gasteiger partial charge < -0.3 is 9.97 Å². The average molecular weight is 1100 g/mol. The van der Waals surface area contributed by atoms with Crippen molar-refractivity contribution in [3.05, 3.63) is 214 Å². The van der Waals surface area contributed by atoms with Crippen LogP contribution >= 0.6 is 0 Å². The topological polar surface area (TPSA) is 258 Å². The van der Waals surface area contributed by atoms with E-state index < -0.39 is 47.3 Å². The lowest BCUT2D eigenvalue weighted by Gasteiger charge is -2.15. The SMILES string of the molecule is O=C1c2ccccc2C(=O)N1c1ccc2c(c1)-c1nc-2nc2[nH]c(nc3nc(nc4[nH]c(n1)c1ccc(N5C(=O)c6ccccc6C5=O)cc41)-c1ccc(N4C(=O)c5ccccc5C4=O)cc1-3)c1ccc(N3C(=O)c4ccccc4C3=O)cc21. The molecular weight excluding hydrogens is 1060 g/mol. The second-order valence-corrected chi connectivity index (χ2v) is 20.5. The van der Waals surface area contributed by atoms with E-state index in [9.17, 15) is 38.4 Å². The summed E-state index contributed by atoms with van der Waals surface area (Å²) in [6.45, 7) is 0. The molecule has 11 aromatic rings. The van der Waals surface area contributed by atoms with Crippen molar-refractivity contribution in [3.63, 3.8) is 0 Å². The number of imide groups is 4. The zero-order chi connectivity index (χ0) is 56.5. The Morgan fingerprint density at radius 1 is 0.226 bits per heavy atom. The minimum atomic E-state index is -0.515. The van der Waals surface area contributed by atoms with Crippen LogP contribution in [0.3, 0.4) is 0 Å². The van der Waals surface area contributed by atoms with E-state index in [-0.39, 0.29) is 113 Å². The van der Waals surface area contributed by atoms with Gasteiger partial charge in [-0.1, -0.05) is 48.5 Å². The minimum absolute atomic E-state index is 0.0979. The van der Waals surface area contributed by atoms with Gasteiger partial charge in [0, 0.05) is 43.8 Å². The summed E-state index contributed by atoms with van der Waals surface area (Å²) in [5, 5.41) is 1.76. The number of aromatic amines is 2. The van der Waals surface area contributed by atoms with Gasteiger partial charge in [-0.25, -0.2) is 49.5 Å². The van der Waals surface area contributed by atoms with E-state index in [1.54, 1.807) is 170 Å². The summed E-state index contributed by atoms with van der Waals surface area (Å²) in [7, 11) is 0. The molecule has 0 atom stereocenters. The number of nitrogens with one attached hydrogen (secondary N) is 2. The lowest BCUT2D eigenvalue weighted by molar-refractivity contribution is 0.0910. The van der Waals surface area contributed by atoms with Gasteiger partial charge in [-0.15, -0.1) is 0 Å². The van der Waals surface area contributed by atoms with Gasteiger partial charge in [0.25, 0.3) is 47.3 Å². The van der Waals surface area contributed by atoms with E-state index >= 15 is 0 Å². The molecule has 0 unspecified atom stereocenters. The molecule has 17 rings (SSSR count). The number of benzene rings is 8. The van der Waals surface area contributed by atoms with Crippen LogP contribution in [0.15, 0.2) is 170 Å². The van der Waals surface area contributed by atoms with Crippen molar-refractivity contribution < 1.29 is 38.4 Å². The Labute approximate surface area is 470 Å². The third kappa shape index (κ3) is 6.34. The van der Waals surface area contributed by atoms with Crippen molar-refractivity contribution in [1.82, 2.24) is 39.9 Å². The second-order valence-electron chi connectivity index (χ2n) is 20.5. The fourth-order valence-corrected chi connectivity index (χ4v) is 12.0. The van der Waals surface area contributed by atoms with E-state index in [0.29, 0.717) is 43.8 Å². The number of fused-ring (bicyclic) bond motifs is 24. The molecule has 8 amide bonds. The van der Waals surface area contributed by atoms with Crippen molar-refractivity contribution in [2.75, 3.05) is 19.6 Å². The molecule has 0 spiro atoms. The molecule has 8 bridgehead atoms. The van der Waals surface area contributed by atoms with E-state index in [0.717, 1.165) is 19.6 Å². The predicted molar refractivity (Wildman–Crippen MR) is 306 cm³/mol.